The number of likely N-dealkylation sites (N-methyl/N-ethyl adjacent to an activating group) is 1. The third-order valence-corrected chi connectivity index (χ3v) is 5.31. The molecule has 0 saturated heterocycles. The minimum absolute atomic E-state index is 0.0199. The van der Waals surface area contributed by atoms with Gasteiger partial charge in [-0.1, -0.05) is 6.07 Å². The average Bonchev–Trinajstić information content (AvgIpc) is 2.69. The van der Waals surface area contributed by atoms with E-state index in [1.807, 2.05) is 13.8 Å². The molecule has 0 aliphatic carbocycles. The van der Waals surface area contributed by atoms with E-state index >= 15 is 0 Å². The molecule has 0 fully saturated rings. The number of sulfone groups is 1. The molecule has 10 heteroatoms. The molecule has 9 nitrogen and oxygen atoms in total. The Hall–Kier alpha value is -3.11. The van der Waals surface area contributed by atoms with Gasteiger partial charge in [0.2, 0.25) is 11.8 Å². The average molecular weight is 464 g/mol. The number of hydrogen-bond acceptors (Lipinski definition) is 7. The fourth-order valence-corrected chi connectivity index (χ4v) is 3.55. The first-order valence-electron chi connectivity index (χ1n) is 10.1. The van der Waals surface area contributed by atoms with Crippen LogP contribution in [-0.2, 0) is 19.4 Å². The van der Waals surface area contributed by atoms with Crippen molar-refractivity contribution in [3.63, 3.8) is 0 Å². The number of amides is 2. The van der Waals surface area contributed by atoms with Crippen molar-refractivity contribution in [2.75, 3.05) is 50.2 Å². The van der Waals surface area contributed by atoms with Gasteiger partial charge in [-0.2, -0.15) is 0 Å². The number of benzene rings is 2. The Morgan fingerprint density at radius 1 is 0.875 bits per heavy atom. The molecule has 2 amide bonds. The summed E-state index contributed by atoms with van der Waals surface area (Å²) >= 11 is 0. The number of nitrogens with one attached hydrogen (secondary N) is 2. The Kier molecular flexibility index (Phi) is 9.03. The Morgan fingerprint density at radius 3 is 2.00 bits per heavy atom. The Labute approximate surface area is 188 Å². The van der Waals surface area contributed by atoms with E-state index in [4.69, 9.17) is 9.47 Å². The quantitative estimate of drug-likeness (QED) is 0.526. The van der Waals surface area contributed by atoms with Crippen LogP contribution >= 0.6 is 0 Å². The van der Waals surface area contributed by atoms with Crippen molar-refractivity contribution in [2.45, 2.75) is 18.7 Å². The molecule has 0 unspecified atom stereocenters. The van der Waals surface area contributed by atoms with E-state index in [0.29, 0.717) is 36.1 Å². The molecule has 0 aliphatic heterocycles. The van der Waals surface area contributed by atoms with Crippen molar-refractivity contribution in [3.8, 4) is 11.5 Å². The summed E-state index contributed by atoms with van der Waals surface area (Å²) in [6.07, 6.45) is 1.10. The summed E-state index contributed by atoms with van der Waals surface area (Å²) < 4.78 is 34.4. The predicted molar refractivity (Wildman–Crippen MR) is 123 cm³/mol. The van der Waals surface area contributed by atoms with Crippen molar-refractivity contribution >= 4 is 33.0 Å². The third kappa shape index (κ3) is 7.86. The largest absolute Gasteiger partial charge is 0.490 e. The normalized spacial score (nSPS) is 11.2. The van der Waals surface area contributed by atoms with Crippen molar-refractivity contribution in [2.24, 2.45) is 0 Å². The second-order valence-electron chi connectivity index (χ2n) is 7.10. The highest BCUT2D eigenvalue weighted by Gasteiger charge is 2.14. The Morgan fingerprint density at radius 2 is 1.44 bits per heavy atom. The molecular weight excluding hydrogens is 434 g/mol. The highest BCUT2D eigenvalue weighted by Crippen LogP contribution is 2.30. The number of anilines is 2. The van der Waals surface area contributed by atoms with Gasteiger partial charge in [0.15, 0.2) is 21.3 Å². The summed E-state index contributed by atoms with van der Waals surface area (Å²) in [6, 6.07) is 11.1. The van der Waals surface area contributed by atoms with Crippen LogP contribution in [0.2, 0.25) is 0 Å². The molecule has 0 atom stereocenters. The molecule has 32 heavy (non-hydrogen) atoms. The first-order valence-corrected chi connectivity index (χ1v) is 12.0. The van der Waals surface area contributed by atoms with Crippen LogP contribution in [0.4, 0.5) is 11.4 Å². The van der Waals surface area contributed by atoms with Gasteiger partial charge in [-0.05, 0) is 51.2 Å². The minimum atomic E-state index is -3.37. The minimum Gasteiger partial charge on any atom is -0.490 e. The molecule has 0 aliphatic rings. The summed E-state index contributed by atoms with van der Waals surface area (Å²) in [5.74, 6) is 0.467. The van der Waals surface area contributed by atoms with Crippen LogP contribution in [0.5, 0.6) is 11.5 Å². The molecule has 0 spiro atoms. The standard InChI is InChI=1S/C22H29N3O6S/c1-5-30-19-11-10-17(13-20(19)31-6-2)24-22(27)15-25(3)14-21(26)23-16-8-7-9-18(12-16)32(4,28)29/h7-13H,5-6,14-15H2,1-4H3,(H,23,26)(H,24,27). The highest BCUT2D eigenvalue weighted by atomic mass is 32.2. The molecule has 0 aromatic heterocycles. The highest BCUT2D eigenvalue weighted by molar-refractivity contribution is 7.90. The van der Waals surface area contributed by atoms with Crippen LogP contribution in [0, 0.1) is 0 Å². The summed E-state index contributed by atoms with van der Waals surface area (Å²) in [5.41, 5.74) is 0.922. The zero-order valence-corrected chi connectivity index (χ0v) is 19.5. The van der Waals surface area contributed by atoms with E-state index < -0.39 is 9.84 Å². The zero-order chi connectivity index (χ0) is 23.7. The van der Waals surface area contributed by atoms with Crippen LogP contribution in [0.3, 0.4) is 0 Å². The molecule has 0 heterocycles. The Bertz CT molecular complexity index is 1060. The van der Waals surface area contributed by atoms with Crippen molar-refractivity contribution in [1.29, 1.82) is 0 Å². The number of carbonyl (C=O) groups is 2. The molecule has 2 aromatic rings. The number of nitrogens with zero attached hydrogens (tertiary/aromatic N) is 1. The lowest BCUT2D eigenvalue weighted by atomic mass is 10.2. The number of hydrogen-bond donors (Lipinski definition) is 2. The van der Waals surface area contributed by atoms with E-state index in [2.05, 4.69) is 10.6 Å². The van der Waals surface area contributed by atoms with E-state index in [9.17, 15) is 18.0 Å². The fourth-order valence-electron chi connectivity index (χ4n) is 2.88. The van der Waals surface area contributed by atoms with Crippen molar-refractivity contribution in [3.05, 3.63) is 42.5 Å². The first-order chi connectivity index (χ1) is 15.1. The summed E-state index contributed by atoms with van der Waals surface area (Å²) in [7, 11) is -1.74. The van der Waals surface area contributed by atoms with Crippen LogP contribution in [0.15, 0.2) is 47.4 Å². The smallest absolute Gasteiger partial charge is 0.238 e. The van der Waals surface area contributed by atoms with E-state index in [-0.39, 0.29) is 29.8 Å². The van der Waals surface area contributed by atoms with Gasteiger partial charge in [0.05, 0.1) is 31.2 Å². The van der Waals surface area contributed by atoms with Crippen LogP contribution < -0.4 is 20.1 Å². The summed E-state index contributed by atoms with van der Waals surface area (Å²) in [5, 5.41) is 5.41. The monoisotopic (exact) mass is 463 g/mol. The predicted octanol–water partition coefficient (Wildman–Crippen LogP) is 2.40. The molecule has 2 aromatic carbocycles. The fraction of sp³-hybridized carbons (Fsp3) is 0.364. The van der Waals surface area contributed by atoms with E-state index in [0.717, 1.165) is 6.26 Å². The summed E-state index contributed by atoms with van der Waals surface area (Å²) in [4.78, 5) is 26.3. The number of rotatable bonds is 11. The van der Waals surface area contributed by atoms with Crippen molar-refractivity contribution in [1.82, 2.24) is 4.90 Å². The van der Waals surface area contributed by atoms with Gasteiger partial charge in [-0.3, -0.25) is 14.5 Å². The molecule has 0 radical (unpaired) electrons. The maximum Gasteiger partial charge on any atom is 0.238 e. The molecule has 174 valence electrons. The lowest BCUT2D eigenvalue weighted by Gasteiger charge is -2.17. The van der Waals surface area contributed by atoms with Crippen LogP contribution in [0.1, 0.15) is 13.8 Å². The number of ether oxygens (including phenoxy) is 2. The van der Waals surface area contributed by atoms with Crippen LogP contribution in [0.25, 0.3) is 0 Å². The Balaban J connectivity index is 1.91. The lowest BCUT2D eigenvalue weighted by Crippen LogP contribution is -2.36. The summed E-state index contributed by atoms with van der Waals surface area (Å²) in [6.45, 7) is 4.62. The topological polar surface area (TPSA) is 114 Å². The first kappa shape index (κ1) is 25.2. The molecule has 2 rings (SSSR count). The van der Waals surface area contributed by atoms with Gasteiger partial charge in [0, 0.05) is 23.7 Å². The molecule has 0 saturated carbocycles. The van der Waals surface area contributed by atoms with Gasteiger partial charge in [-0.25, -0.2) is 8.42 Å². The lowest BCUT2D eigenvalue weighted by molar-refractivity contribution is -0.119. The van der Waals surface area contributed by atoms with E-state index in [1.165, 1.54) is 12.1 Å². The van der Waals surface area contributed by atoms with Gasteiger partial charge in [0.25, 0.3) is 0 Å². The third-order valence-electron chi connectivity index (χ3n) is 4.20. The van der Waals surface area contributed by atoms with Gasteiger partial charge in [0.1, 0.15) is 0 Å². The van der Waals surface area contributed by atoms with E-state index in [1.54, 1.807) is 42.3 Å². The zero-order valence-electron chi connectivity index (χ0n) is 18.7. The maximum absolute atomic E-state index is 12.4. The second-order valence-corrected chi connectivity index (χ2v) is 9.11. The molecule has 2 N–H and O–H groups in total. The van der Waals surface area contributed by atoms with Gasteiger partial charge in [-0.15, -0.1) is 0 Å². The maximum atomic E-state index is 12.4. The second kappa shape index (κ2) is 11.5. The SMILES string of the molecule is CCOc1ccc(NC(=O)CN(C)CC(=O)Nc2cccc(S(C)(=O)=O)c2)cc1OCC. The molecular formula is C22H29N3O6S. The molecule has 0 bridgehead atoms. The van der Waals surface area contributed by atoms with Crippen LogP contribution in [-0.4, -0.2) is 64.7 Å². The number of carbonyl (C=O) groups excluding carboxylic acids is 2. The van der Waals surface area contributed by atoms with Crippen molar-refractivity contribution < 1.29 is 27.5 Å². The van der Waals surface area contributed by atoms with Gasteiger partial charge < -0.3 is 20.1 Å². The van der Waals surface area contributed by atoms with Gasteiger partial charge >= 0.3 is 0 Å².